The molecular weight excluding hydrogens is 204 g/mol. The smallest absolute Gasteiger partial charge is 0.311 e. The maximum atomic E-state index is 11.3. The molecule has 2 N–H and O–H groups in total. The van der Waals surface area contributed by atoms with E-state index in [4.69, 9.17) is 0 Å². The molecule has 1 aromatic rings. The van der Waals surface area contributed by atoms with Gasteiger partial charge in [-0.2, -0.15) is 0 Å². The van der Waals surface area contributed by atoms with Crippen molar-refractivity contribution < 1.29 is 15.0 Å². The van der Waals surface area contributed by atoms with Crippen LogP contribution in [-0.4, -0.2) is 16.2 Å². The summed E-state index contributed by atoms with van der Waals surface area (Å²) in [5.41, 5.74) is 0.557. The van der Waals surface area contributed by atoms with Crippen LogP contribution in [0.5, 0.6) is 5.75 Å². The Balaban J connectivity index is 2.32. The molecule has 16 heavy (non-hydrogen) atoms. The summed E-state index contributed by atoms with van der Waals surface area (Å²) < 4.78 is 0. The first-order chi connectivity index (χ1) is 7.70. The number of phenolic OH excluding ortho intramolecular Hbond substituents is 1. The minimum absolute atomic E-state index is 0.0989. The third-order valence-electron chi connectivity index (χ3n) is 3.41. The number of carboxylic acids is 1. The Morgan fingerprint density at radius 2 is 1.88 bits per heavy atom. The molecule has 0 amide bonds. The van der Waals surface area contributed by atoms with E-state index in [1.165, 1.54) is 0 Å². The summed E-state index contributed by atoms with van der Waals surface area (Å²) >= 11 is 0. The van der Waals surface area contributed by atoms with E-state index in [0.717, 1.165) is 25.7 Å². The second kappa shape index (κ2) is 4.56. The van der Waals surface area contributed by atoms with E-state index >= 15 is 0 Å². The zero-order valence-corrected chi connectivity index (χ0v) is 9.10. The van der Waals surface area contributed by atoms with Gasteiger partial charge in [0, 0.05) is 5.56 Å². The van der Waals surface area contributed by atoms with Gasteiger partial charge in [-0.15, -0.1) is 0 Å². The van der Waals surface area contributed by atoms with E-state index in [9.17, 15) is 15.0 Å². The van der Waals surface area contributed by atoms with Gasteiger partial charge in [-0.3, -0.25) is 4.79 Å². The van der Waals surface area contributed by atoms with Gasteiger partial charge in [0.15, 0.2) is 0 Å². The molecule has 0 aliphatic heterocycles. The lowest BCUT2D eigenvalue weighted by molar-refractivity contribution is -0.140. The molecule has 1 aliphatic carbocycles. The third-order valence-corrected chi connectivity index (χ3v) is 3.41. The molecule has 0 bridgehead atoms. The van der Waals surface area contributed by atoms with Gasteiger partial charge in [0.25, 0.3) is 0 Å². The second-order valence-electron chi connectivity index (χ2n) is 4.42. The van der Waals surface area contributed by atoms with Crippen LogP contribution >= 0.6 is 0 Å². The highest BCUT2D eigenvalue weighted by atomic mass is 16.4. The number of phenols is 1. The van der Waals surface area contributed by atoms with Crippen molar-refractivity contribution >= 4 is 5.97 Å². The van der Waals surface area contributed by atoms with E-state index in [1.807, 2.05) is 0 Å². The lowest BCUT2D eigenvalue weighted by Gasteiger charge is -2.20. The summed E-state index contributed by atoms with van der Waals surface area (Å²) in [6.07, 6.45) is 4.10. The number of rotatable bonds is 3. The van der Waals surface area contributed by atoms with Crippen molar-refractivity contribution in [1.82, 2.24) is 0 Å². The number of aliphatic carboxylic acids is 1. The fourth-order valence-electron chi connectivity index (χ4n) is 2.63. The molecular formula is C13H16O3. The second-order valence-corrected chi connectivity index (χ2v) is 4.42. The molecule has 1 aromatic carbocycles. The van der Waals surface area contributed by atoms with Crippen LogP contribution in [0.1, 0.15) is 37.2 Å². The van der Waals surface area contributed by atoms with Crippen LogP contribution in [0, 0.1) is 5.92 Å². The number of para-hydroxylation sites is 1. The molecule has 0 aromatic heterocycles. The first-order valence-corrected chi connectivity index (χ1v) is 5.71. The number of hydrogen-bond donors (Lipinski definition) is 2. The summed E-state index contributed by atoms with van der Waals surface area (Å²) in [7, 11) is 0. The minimum Gasteiger partial charge on any atom is -0.508 e. The van der Waals surface area contributed by atoms with Gasteiger partial charge >= 0.3 is 5.97 Å². The molecule has 0 spiro atoms. The molecule has 1 saturated carbocycles. The molecule has 1 unspecified atom stereocenters. The number of benzene rings is 1. The van der Waals surface area contributed by atoms with Crippen molar-refractivity contribution in [2.45, 2.75) is 31.6 Å². The van der Waals surface area contributed by atoms with Crippen LogP contribution in [-0.2, 0) is 4.79 Å². The summed E-state index contributed by atoms with van der Waals surface area (Å²) in [5.74, 6) is -1.11. The molecule has 0 saturated heterocycles. The van der Waals surface area contributed by atoms with E-state index in [1.54, 1.807) is 24.3 Å². The monoisotopic (exact) mass is 220 g/mol. The molecule has 86 valence electrons. The first kappa shape index (κ1) is 11.0. The maximum absolute atomic E-state index is 11.3. The molecule has 0 radical (unpaired) electrons. The van der Waals surface area contributed by atoms with Crippen molar-refractivity contribution in [3.8, 4) is 5.75 Å². The lowest BCUT2D eigenvalue weighted by Crippen LogP contribution is -2.19. The summed E-state index contributed by atoms with van der Waals surface area (Å²) in [6, 6.07) is 6.76. The fraction of sp³-hybridized carbons (Fsp3) is 0.462. The molecule has 2 rings (SSSR count). The Kier molecular flexibility index (Phi) is 3.13. The molecule has 3 heteroatoms. The molecule has 3 nitrogen and oxygen atoms in total. The largest absolute Gasteiger partial charge is 0.508 e. The van der Waals surface area contributed by atoms with Crippen molar-refractivity contribution in [1.29, 1.82) is 0 Å². The lowest BCUT2D eigenvalue weighted by atomic mass is 9.84. The zero-order valence-electron chi connectivity index (χ0n) is 9.10. The average Bonchev–Trinajstić information content (AvgIpc) is 2.74. The number of carboxylic acid groups (broad SMARTS) is 1. The summed E-state index contributed by atoms with van der Waals surface area (Å²) in [5, 5.41) is 19.0. The Morgan fingerprint density at radius 1 is 1.25 bits per heavy atom. The predicted molar refractivity (Wildman–Crippen MR) is 60.4 cm³/mol. The quantitative estimate of drug-likeness (QED) is 0.823. The topological polar surface area (TPSA) is 57.5 Å². The van der Waals surface area contributed by atoms with Crippen molar-refractivity contribution in [3.63, 3.8) is 0 Å². The zero-order chi connectivity index (χ0) is 11.5. The minimum atomic E-state index is -0.826. The Morgan fingerprint density at radius 3 is 2.44 bits per heavy atom. The van der Waals surface area contributed by atoms with Gasteiger partial charge in [-0.05, 0) is 24.8 Å². The van der Waals surface area contributed by atoms with E-state index in [0.29, 0.717) is 5.56 Å². The van der Waals surface area contributed by atoms with Crippen LogP contribution in [0.25, 0.3) is 0 Å². The maximum Gasteiger partial charge on any atom is 0.311 e. The van der Waals surface area contributed by atoms with Gasteiger partial charge in [0.05, 0.1) is 5.92 Å². The van der Waals surface area contributed by atoms with Crippen molar-refractivity contribution in [2.24, 2.45) is 5.92 Å². The molecule has 0 heterocycles. The highest BCUT2D eigenvalue weighted by molar-refractivity contribution is 5.77. The number of aromatic hydroxyl groups is 1. The van der Waals surface area contributed by atoms with Gasteiger partial charge in [0.2, 0.25) is 0 Å². The van der Waals surface area contributed by atoms with Gasteiger partial charge in [-0.25, -0.2) is 0 Å². The van der Waals surface area contributed by atoms with E-state index < -0.39 is 11.9 Å². The van der Waals surface area contributed by atoms with Crippen molar-refractivity contribution in [2.75, 3.05) is 0 Å². The molecule has 1 atom stereocenters. The number of carbonyl (C=O) groups is 1. The normalized spacial score (nSPS) is 18.5. The van der Waals surface area contributed by atoms with Gasteiger partial charge < -0.3 is 10.2 Å². The highest BCUT2D eigenvalue weighted by Crippen LogP contribution is 2.40. The third kappa shape index (κ3) is 2.03. The number of hydrogen-bond acceptors (Lipinski definition) is 2. The van der Waals surface area contributed by atoms with Crippen LogP contribution in [0.3, 0.4) is 0 Å². The van der Waals surface area contributed by atoms with Crippen molar-refractivity contribution in [3.05, 3.63) is 29.8 Å². The van der Waals surface area contributed by atoms with Crippen LogP contribution in [0.2, 0.25) is 0 Å². The fourth-order valence-corrected chi connectivity index (χ4v) is 2.63. The molecule has 1 aliphatic rings. The average molecular weight is 220 g/mol. The van der Waals surface area contributed by atoms with Crippen LogP contribution in [0.15, 0.2) is 24.3 Å². The van der Waals surface area contributed by atoms with Crippen LogP contribution < -0.4 is 0 Å². The first-order valence-electron chi connectivity index (χ1n) is 5.71. The Bertz CT molecular complexity index is 381. The summed E-state index contributed by atoms with van der Waals surface area (Å²) in [6.45, 7) is 0. The van der Waals surface area contributed by atoms with Crippen LogP contribution in [0.4, 0.5) is 0 Å². The predicted octanol–water partition coefficient (Wildman–Crippen LogP) is 2.75. The van der Waals surface area contributed by atoms with E-state index in [-0.39, 0.29) is 11.7 Å². The SMILES string of the molecule is O=C(O)C(c1ccccc1O)C1CCCC1. The highest BCUT2D eigenvalue weighted by Gasteiger charge is 2.33. The Hall–Kier alpha value is -1.51. The van der Waals surface area contributed by atoms with Gasteiger partial charge in [-0.1, -0.05) is 31.0 Å². The van der Waals surface area contributed by atoms with Gasteiger partial charge in [0.1, 0.15) is 5.75 Å². The Labute approximate surface area is 94.7 Å². The molecule has 1 fully saturated rings. The summed E-state index contributed by atoms with van der Waals surface area (Å²) in [4.78, 5) is 11.3. The van der Waals surface area contributed by atoms with E-state index in [2.05, 4.69) is 0 Å². The standard InChI is InChI=1S/C13H16O3/c14-11-8-4-3-7-10(11)12(13(15)16)9-5-1-2-6-9/h3-4,7-9,12,14H,1-2,5-6H2,(H,15,16).